The Morgan fingerprint density at radius 1 is 1.33 bits per heavy atom. The van der Waals surface area contributed by atoms with Gasteiger partial charge >= 0.3 is 0 Å². The summed E-state index contributed by atoms with van der Waals surface area (Å²) in [5, 5.41) is 16.6. The van der Waals surface area contributed by atoms with Crippen LogP contribution in [0.15, 0.2) is 24.3 Å². The lowest BCUT2D eigenvalue weighted by Crippen LogP contribution is -2.51. The van der Waals surface area contributed by atoms with Crippen LogP contribution in [-0.2, 0) is 9.59 Å². The van der Waals surface area contributed by atoms with E-state index in [2.05, 4.69) is 10.6 Å². The van der Waals surface area contributed by atoms with Crippen LogP contribution in [0, 0.1) is 16.0 Å². The van der Waals surface area contributed by atoms with Crippen molar-refractivity contribution in [1.29, 1.82) is 0 Å². The minimum atomic E-state index is -0.547. The van der Waals surface area contributed by atoms with E-state index in [1.807, 2.05) is 0 Å². The SMILES string of the molecule is CC(NC1CCCCC1C(N)=O)C(=O)Nc1cccc([N+](=O)[O-])c1. The molecule has 8 nitrogen and oxygen atoms in total. The standard InChI is InChI=1S/C16H22N4O4/c1-10(18-14-8-3-2-7-13(14)15(17)21)16(22)19-11-5-4-6-12(9-11)20(23)24/h4-6,9-10,13-14,18H,2-3,7-8H2,1H3,(H2,17,21)(H,19,22). The number of nitrogens with two attached hydrogens (primary N) is 1. The number of rotatable bonds is 6. The summed E-state index contributed by atoms with van der Waals surface area (Å²) < 4.78 is 0. The van der Waals surface area contributed by atoms with E-state index in [9.17, 15) is 19.7 Å². The number of hydrogen-bond donors (Lipinski definition) is 3. The van der Waals surface area contributed by atoms with Gasteiger partial charge in [-0.15, -0.1) is 0 Å². The van der Waals surface area contributed by atoms with Gasteiger partial charge in [-0.2, -0.15) is 0 Å². The molecule has 4 N–H and O–H groups in total. The van der Waals surface area contributed by atoms with Gasteiger partial charge in [0.15, 0.2) is 0 Å². The third-order valence-electron chi connectivity index (χ3n) is 4.31. The summed E-state index contributed by atoms with van der Waals surface area (Å²) in [6, 6.07) is 5.09. The van der Waals surface area contributed by atoms with E-state index in [1.54, 1.807) is 13.0 Å². The van der Waals surface area contributed by atoms with Gasteiger partial charge in [0, 0.05) is 23.9 Å². The first-order valence-corrected chi connectivity index (χ1v) is 7.99. The number of carbonyl (C=O) groups excluding carboxylic acids is 2. The Labute approximate surface area is 139 Å². The summed E-state index contributed by atoms with van der Waals surface area (Å²) in [6.07, 6.45) is 3.47. The molecular formula is C16H22N4O4. The molecule has 1 aromatic rings. The molecule has 0 aliphatic heterocycles. The van der Waals surface area contributed by atoms with Gasteiger partial charge in [-0.25, -0.2) is 0 Å². The largest absolute Gasteiger partial charge is 0.369 e. The quantitative estimate of drug-likeness (QED) is 0.537. The van der Waals surface area contributed by atoms with Gasteiger partial charge in [-0.05, 0) is 25.8 Å². The fraction of sp³-hybridized carbons (Fsp3) is 0.500. The lowest BCUT2D eigenvalue weighted by molar-refractivity contribution is -0.384. The number of carbonyl (C=O) groups is 2. The number of hydrogen-bond acceptors (Lipinski definition) is 5. The molecule has 2 amide bonds. The smallest absolute Gasteiger partial charge is 0.271 e. The van der Waals surface area contributed by atoms with E-state index in [-0.39, 0.29) is 29.5 Å². The highest BCUT2D eigenvalue weighted by atomic mass is 16.6. The second-order valence-electron chi connectivity index (χ2n) is 6.08. The van der Waals surface area contributed by atoms with E-state index in [4.69, 9.17) is 5.73 Å². The van der Waals surface area contributed by atoms with E-state index in [0.717, 1.165) is 25.7 Å². The minimum Gasteiger partial charge on any atom is -0.369 e. The Morgan fingerprint density at radius 3 is 2.71 bits per heavy atom. The van der Waals surface area contributed by atoms with Crippen LogP contribution in [0.5, 0.6) is 0 Å². The first-order valence-electron chi connectivity index (χ1n) is 7.99. The van der Waals surface area contributed by atoms with Crippen LogP contribution in [0.1, 0.15) is 32.6 Å². The van der Waals surface area contributed by atoms with Crippen LogP contribution in [0.25, 0.3) is 0 Å². The van der Waals surface area contributed by atoms with Gasteiger partial charge < -0.3 is 16.4 Å². The zero-order chi connectivity index (χ0) is 17.7. The number of non-ortho nitro benzene ring substituents is 1. The lowest BCUT2D eigenvalue weighted by Gasteiger charge is -2.32. The van der Waals surface area contributed by atoms with E-state index in [1.165, 1.54) is 18.2 Å². The zero-order valence-corrected chi connectivity index (χ0v) is 13.5. The fourth-order valence-corrected chi connectivity index (χ4v) is 3.02. The van der Waals surface area contributed by atoms with Crippen molar-refractivity contribution < 1.29 is 14.5 Å². The predicted octanol–water partition coefficient (Wildman–Crippen LogP) is 1.56. The van der Waals surface area contributed by atoms with Gasteiger partial charge in [-0.1, -0.05) is 18.9 Å². The molecule has 0 heterocycles. The van der Waals surface area contributed by atoms with Gasteiger partial charge in [0.1, 0.15) is 0 Å². The zero-order valence-electron chi connectivity index (χ0n) is 13.5. The number of nitrogens with zero attached hydrogens (tertiary/aromatic N) is 1. The van der Waals surface area contributed by atoms with E-state index < -0.39 is 11.0 Å². The number of primary amides is 1. The molecular weight excluding hydrogens is 312 g/mol. The second-order valence-corrected chi connectivity index (χ2v) is 6.08. The molecule has 3 atom stereocenters. The summed E-state index contributed by atoms with van der Waals surface area (Å²) in [4.78, 5) is 34.1. The van der Waals surface area contributed by atoms with E-state index in [0.29, 0.717) is 5.69 Å². The normalized spacial score (nSPS) is 21.7. The van der Waals surface area contributed by atoms with Crippen molar-refractivity contribution in [1.82, 2.24) is 5.32 Å². The Bertz CT molecular complexity index is 634. The van der Waals surface area contributed by atoms with Gasteiger partial charge in [-0.3, -0.25) is 19.7 Å². The maximum absolute atomic E-state index is 12.3. The molecule has 1 saturated carbocycles. The van der Waals surface area contributed by atoms with Crippen molar-refractivity contribution in [3.63, 3.8) is 0 Å². The lowest BCUT2D eigenvalue weighted by atomic mass is 9.83. The highest BCUT2D eigenvalue weighted by molar-refractivity contribution is 5.94. The highest BCUT2D eigenvalue weighted by Crippen LogP contribution is 2.24. The van der Waals surface area contributed by atoms with Crippen LogP contribution in [-0.4, -0.2) is 28.8 Å². The summed E-state index contributed by atoms with van der Waals surface area (Å²) in [6.45, 7) is 1.69. The molecule has 0 spiro atoms. The van der Waals surface area contributed by atoms with Crippen molar-refractivity contribution in [2.45, 2.75) is 44.7 Å². The molecule has 3 unspecified atom stereocenters. The van der Waals surface area contributed by atoms with Crippen LogP contribution >= 0.6 is 0 Å². The Kier molecular flexibility index (Phi) is 5.86. The third-order valence-corrected chi connectivity index (χ3v) is 4.31. The van der Waals surface area contributed by atoms with Crippen molar-refractivity contribution in [3.05, 3.63) is 34.4 Å². The molecule has 2 rings (SSSR count). The number of nitro groups is 1. The summed E-state index contributed by atoms with van der Waals surface area (Å²) in [7, 11) is 0. The fourth-order valence-electron chi connectivity index (χ4n) is 3.02. The van der Waals surface area contributed by atoms with Crippen LogP contribution in [0.4, 0.5) is 11.4 Å². The van der Waals surface area contributed by atoms with Crippen LogP contribution in [0.2, 0.25) is 0 Å². The van der Waals surface area contributed by atoms with Crippen molar-refractivity contribution in [2.75, 3.05) is 5.32 Å². The number of anilines is 1. The second kappa shape index (κ2) is 7.87. The van der Waals surface area contributed by atoms with Gasteiger partial charge in [0.2, 0.25) is 11.8 Å². The number of nitro benzene ring substituents is 1. The third kappa shape index (κ3) is 4.51. The topological polar surface area (TPSA) is 127 Å². The summed E-state index contributed by atoms with van der Waals surface area (Å²) >= 11 is 0. The molecule has 24 heavy (non-hydrogen) atoms. The maximum atomic E-state index is 12.3. The number of benzene rings is 1. The Morgan fingerprint density at radius 2 is 2.04 bits per heavy atom. The highest BCUT2D eigenvalue weighted by Gasteiger charge is 2.31. The van der Waals surface area contributed by atoms with Crippen LogP contribution < -0.4 is 16.4 Å². The molecule has 1 aromatic carbocycles. The number of amides is 2. The average Bonchev–Trinajstić information content (AvgIpc) is 2.55. The predicted molar refractivity (Wildman–Crippen MR) is 89.3 cm³/mol. The molecule has 1 fully saturated rings. The van der Waals surface area contributed by atoms with Crippen molar-refractivity contribution in [3.8, 4) is 0 Å². The molecule has 1 aliphatic carbocycles. The Balaban J connectivity index is 1.97. The maximum Gasteiger partial charge on any atom is 0.271 e. The molecule has 8 heteroatoms. The summed E-state index contributed by atoms with van der Waals surface area (Å²) in [5.41, 5.74) is 5.71. The molecule has 0 saturated heterocycles. The average molecular weight is 334 g/mol. The monoisotopic (exact) mass is 334 g/mol. The van der Waals surface area contributed by atoms with Crippen molar-refractivity contribution in [2.24, 2.45) is 11.7 Å². The first kappa shape index (κ1) is 17.9. The molecule has 0 bridgehead atoms. The van der Waals surface area contributed by atoms with E-state index >= 15 is 0 Å². The molecule has 130 valence electrons. The molecule has 1 aliphatic rings. The first-order chi connectivity index (χ1) is 11.4. The molecule has 0 aromatic heterocycles. The Hall–Kier alpha value is -2.48. The molecule has 0 radical (unpaired) electrons. The van der Waals surface area contributed by atoms with Crippen molar-refractivity contribution >= 4 is 23.2 Å². The van der Waals surface area contributed by atoms with Crippen LogP contribution in [0.3, 0.4) is 0 Å². The summed E-state index contributed by atoms with van der Waals surface area (Å²) in [5.74, 6) is -0.936. The minimum absolute atomic E-state index is 0.0884. The van der Waals surface area contributed by atoms with Gasteiger partial charge in [0.05, 0.1) is 16.9 Å². The number of nitrogens with one attached hydrogen (secondary N) is 2. The van der Waals surface area contributed by atoms with Gasteiger partial charge in [0.25, 0.3) is 5.69 Å².